The fraction of sp³-hybridized carbons (Fsp3) is 0.600. The van der Waals surface area contributed by atoms with E-state index in [2.05, 4.69) is 26.8 Å². The molecule has 1 nitrogen and oxygen atoms in total. The zero-order valence-electron chi connectivity index (χ0n) is 7.46. The maximum atomic E-state index is 9.70. The molecule has 0 aromatic carbocycles. The molecule has 0 aromatic rings. The van der Waals surface area contributed by atoms with E-state index >= 15 is 0 Å². The van der Waals surface area contributed by atoms with E-state index in [0.29, 0.717) is 5.92 Å². The Balaban J connectivity index is 2.84. The van der Waals surface area contributed by atoms with Gasteiger partial charge in [0.05, 0.1) is 6.10 Å². The Hall–Kier alpha value is -0.560. The Labute approximate surface area is 68.4 Å². The molecule has 0 fully saturated rings. The minimum absolute atomic E-state index is 0.245. The molecule has 0 radical (unpaired) electrons. The van der Waals surface area contributed by atoms with Gasteiger partial charge in [-0.05, 0) is 18.9 Å². The number of hydrogen-bond donors (Lipinski definition) is 1. The molecule has 1 heteroatoms. The second kappa shape index (κ2) is 3.22. The molecule has 0 saturated heterocycles. The van der Waals surface area contributed by atoms with Crippen molar-refractivity contribution in [3.8, 4) is 0 Å². The molecule has 0 amide bonds. The van der Waals surface area contributed by atoms with Crippen molar-refractivity contribution < 1.29 is 5.11 Å². The molecule has 0 aliphatic heterocycles. The van der Waals surface area contributed by atoms with Crippen molar-refractivity contribution in [2.45, 2.75) is 33.3 Å². The van der Waals surface area contributed by atoms with E-state index in [1.807, 2.05) is 6.08 Å². The van der Waals surface area contributed by atoms with Crippen molar-refractivity contribution >= 4 is 0 Å². The first-order valence-corrected chi connectivity index (χ1v) is 4.22. The van der Waals surface area contributed by atoms with Gasteiger partial charge in [0, 0.05) is 5.92 Å². The Morgan fingerprint density at radius 1 is 1.45 bits per heavy atom. The van der Waals surface area contributed by atoms with Gasteiger partial charge in [0.2, 0.25) is 0 Å². The SMILES string of the molecule is CCC1=CC=C(C)C(C)C1O. The van der Waals surface area contributed by atoms with Gasteiger partial charge in [-0.2, -0.15) is 0 Å². The van der Waals surface area contributed by atoms with E-state index < -0.39 is 0 Å². The minimum Gasteiger partial charge on any atom is -0.388 e. The number of hydrogen-bond acceptors (Lipinski definition) is 1. The third-order valence-corrected chi connectivity index (χ3v) is 2.54. The van der Waals surface area contributed by atoms with E-state index in [4.69, 9.17) is 0 Å². The van der Waals surface area contributed by atoms with Gasteiger partial charge in [0.25, 0.3) is 0 Å². The lowest BCUT2D eigenvalue weighted by Crippen LogP contribution is -2.23. The summed E-state index contributed by atoms with van der Waals surface area (Å²) < 4.78 is 0. The molecule has 0 bridgehead atoms. The zero-order valence-corrected chi connectivity index (χ0v) is 7.46. The quantitative estimate of drug-likeness (QED) is 0.611. The average molecular weight is 152 g/mol. The largest absolute Gasteiger partial charge is 0.388 e. The van der Waals surface area contributed by atoms with Crippen molar-refractivity contribution in [3.63, 3.8) is 0 Å². The second-order valence-corrected chi connectivity index (χ2v) is 3.24. The summed E-state index contributed by atoms with van der Waals surface area (Å²) in [4.78, 5) is 0. The summed E-state index contributed by atoms with van der Waals surface area (Å²) in [6.07, 6.45) is 4.86. The van der Waals surface area contributed by atoms with Gasteiger partial charge in [-0.1, -0.05) is 31.6 Å². The highest BCUT2D eigenvalue weighted by molar-refractivity contribution is 5.28. The van der Waals surface area contributed by atoms with Crippen LogP contribution in [-0.2, 0) is 0 Å². The van der Waals surface area contributed by atoms with Crippen LogP contribution in [0.25, 0.3) is 0 Å². The number of aliphatic hydroxyl groups excluding tert-OH is 1. The summed E-state index contributed by atoms with van der Waals surface area (Å²) in [5.74, 6) is 0.301. The molecule has 1 aliphatic rings. The van der Waals surface area contributed by atoms with Crippen molar-refractivity contribution in [3.05, 3.63) is 23.3 Å². The van der Waals surface area contributed by atoms with Crippen LogP contribution in [0.5, 0.6) is 0 Å². The highest BCUT2D eigenvalue weighted by atomic mass is 16.3. The predicted molar refractivity (Wildman–Crippen MR) is 47.3 cm³/mol. The Morgan fingerprint density at radius 3 is 2.64 bits per heavy atom. The van der Waals surface area contributed by atoms with Crippen LogP contribution in [0, 0.1) is 5.92 Å². The van der Waals surface area contributed by atoms with E-state index in [1.54, 1.807) is 0 Å². The summed E-state index contributed by atoms with van der Waals surface area (Å²) in [6.45, 7) is 6.21. The van der Waals surface area contributed by atoms with Crippen LogP contribution in [0.1, 0.15) is 27.2 Å². The summed E-state index contributed by atoms with van der Waals surface area (Å²) in [7, 11) is 0. The van der Waals surface area contributed by atoms with Crippen molar-refractivity contribution in [2.24, 2.45) is 5.92 Å². The third-order valence-electron chi connectivity index (χ3n) is 2.54. The fourth-order valence-electron chi connectivity index (χ4n) is 1.39. The van der Waals surface area contributed by atoms with E-state index in [9.17, 15) is 5.11 Å². The average Bonchev–Trinajstić information content (AvgIpc) is 2.01. The molecule has 1 N–H and O–H groups in total. The lowest BCUT2D eigenvalue weighted by Gasteiger charge is -2.25. The monoisotopic (exact) mass is 152 g/mol. The first kappa shape index (κ1) is 8.54. The maximum absolute atomic E-state index is 9.70. The molecule has 0 spiro atoms. The Morgan fingerprint density at radius 2 is 2.09 bits per heavy atom. The van der Waals surface area contributed by atoms with Crippen molar-refractivity contribution in [1.29, 1.82) is 0 Å². The van der Waals surface area contributed by atoms with Crippen molar-refractivity contribution in [1.82, 2.24) is 0 Å². The summed E-state index contributed by atoms with van der Waals surface area (Å²) in [5, 5.41) is 9.70. The topological polar surface area (TPSA) is 20.2 Å². The van der Waals surface area contributed by atoms with Crippen LogP contribution in [0.3, 0.4) is 0 Å². The smallest absolute Gasteiger partial charge is 0.0815 e. The van der Waals surface area contributed by atoms with Crippen LogP contribution in [-0.4, -0.2) is 11.2 Å². The van der Waals surface area contributed by atoms with E-state index in [0.717, 1.165) is 12.0 Å². The van der Waals surface area contributed by atoms with Gasteiger partial charge >= 0.3 is 0 Å². The molecular weight excluding hydrogens is 136 g/mol. The molecule has 62 valence electrons. The maximum Gasteiger partial charge on any atom is 0.0815 e. The molecule has 1 rings (SSSR count). The Bertz CT molecular complexity index is 201. The van der Waals surface area contributed by atoms with E-state index in [1.165, 1.54) is 5.57 Å². The van der Waals surface area contributed by atoms with Crippen molar-refractivity contribution in [2.75, 3.05) is 0 Å². The van der Waals surface area contributed by atoms with E-state index in [-0.39, 0.29) is 6.10 Å². The molecule has 1 aliphatic carbocycles. The highest BCUT2D eigenvalue weighted by Gasteiger charge is 2.21. The van der Waals surface area contributed by atoms with Crippen LogP contribution in [0.15, 0.2) is 23.3 Å². The first-order chi connectivity index (χ1) is 5.16. The van der Waals surface area contributed by atoms with Crippen LogP contribution in [0.4, 0.5) is 0 Å². The zero-order chi connectivity index (χ0) is 8.43. The van der Waals surface area contributed by atoms with Gasteiger partial charge < -0.3 is 5.11 Å². The van der Waals surface area contributed by atoms with Gasteiger partial charge in [0.15, 0.2) is 0 Å². The van der Waals surface area contributed by atoms with Gasteiger partial charge in [0.1, 0.15) is 0 Å². The molecular formula is C10H16O. The van der Waals surface area contributed by atoms with Crippen LogP contribution in [0.2, 0.25) is 0 Å². The molecule has 2 atom stereocenters. The fourth-order valence-corrected chi connectivity index (χ4v) is 1.39. The molecule has 11 heavy (non-hydrogen) atoms. The van der Waals surface area contributed by atoms with Crippen LogP contribution < -0.4 is 0 Å². The first-order valence-electron chi connectivity index (χ1n) is 4.22. The second-order valence-electron chi connectivity index (χ2n) is 3.24. The predicted octanol–water partition coefficient (Wildman–Crippen LogP) is 2.28. The normalized spacial score (nSPS) is 31.3. The Kier molecular flexibility index (Phi) is 2.50. The highest BCUT2D eigenvalue weighted by Crippen LogP contribution is 2.26. The number of rotatable bonds is 1. The van der Waals surface area contributed by atoms with Gasteiger partial charge in [-0.15, -0.1) is 0 Å². The standard InChI is InChI=1S/C10H16O/c1-4-9-6-5-7(2)8(3)10(9)11/h5-6,8,10-11H,4H2,1-3H3. The summed E-state index contributed by atoms with van der Waals surface area (Å²) >= 11 is 0. The van der Waals surface area contributed by atoms with Gasteiger partial charge in [-0.25, -0.2) is 0 Å². The third kappa shape index (κ3) is 1.54. The number of allylic oxidation sites excluding steroid dienone is 2. The molecule has 0 heterocycles. The van der Waals surface area contributed by atoms with Crippen LogP contribution >= 0.6 is 0 Å². The number of aliphatic hydroxyl groups is 1. The summed E-state index contributed by atoms with van der Waals surface area (Å²) in [6, 6.07) is 0. The summed E-state index contributed by atoms with van der Waals surface area (Å²) in [5.41, 5.74) is 2.43. The molecule has 2 unspecified atom stereocenters. The lowest BCUT2D eigenvalue weighted by molar-refractivity contribution is 0.162. The minimum atomic E-state index is -0.245. The molecule has 0 saturated carbocycles. The molecule has 0 aromatic heterocycles. The van der Waals surface area contributed by atoms with Gasteiger partial charge in [-0.3, -0.25) is 0 Å². The lowest BCUT2D eigenvalue weighted by atomic mass is 9.86.